The first-order chi connectivity index (χ1) is 16.6. The Hall–Kier alpha value is -4.38. The van der Waals surface area contributed by atoms with Crippen molar-refractivity contribution in [3.8, 4) is 28.5 Å². The van der Waals surface area contributed by atoms with Gasteiger partial charge in [0.2, 0.25) is 5.95 Å². The number of hydrogen-bond donors (Lipinski definition) is 0. The van der Waals surface area contributed by atoms with E-state index in [1.54, 1.807) is 6.33 Å². The molecule has 162 valence electrons. The molecule has 1 aliphatic rings. The van der Waals surface area contributed by atoms with Crippen molar-refractivity contribution >= 4 is 21.9 Å². The van der Waals surface area contributed by atoms with Gasteiger partial charge in [-0.15, -0.1) is 0 Å². The van der Waals surface area contributed by atoms with Gasteiger partial charge in [-0.25, -0.2) is 19.9 Å². The fraction of sp³-hybridized carbons (Fsp3) is 0.103. The minimum atomic E-state index is -0.181. The summed E-state index contributed by atoms with van der Waals surface area (Å²) in [7, 11) is 0. The van der Waals surface area contributed by atoms with Gasteiger partial charge in [0.25, 0.3) is 0 Å². The summed E-state index contributed by atoms with van der Waals surface area (Å²) in [5.74, 6) is 0.620. The molecule has 0 bridgehead atoms. The molecule has 3 aromatic heterocycles. The average molecular weight is 440 g/mol. The predicted octanol–water partition coefficient (Wildman–Crippen LogP) is 6.34. The summed E-state index contributed by atoms with van der Waals surface area (Å²) in [6.07, 6.45) is 3.52. The quantitative estimate of drug-likeness (QED) is 0.316. The second kappa shape index (κ2) is 6.81. The van der Waals surface area contributed by atoms with E-state index in [9.17, 15) is 0 Å². The lowest BCUT2D eigenvalue weighted by molar-refractivity contribution is 0.666. The highest BCUT2D eigenvalue weighted by Crippen LogP contribution is 2.52. The van der Waals surface area contributed by atoms with E-state index in [0.29, 0.717) is 5.95 Å². The lowest BCUT2D eigenvalue weighted by atomic mass is 9.82. The lowest BCUT2D eigenvalue weighted by Gasteiger charge is -2.20. The number of fused-ring (bicyclic) bond motifs is 6. The lowest BCUT2D eigenvalue weighted by Crippen LogP contribution is -2.14. The van der Waals surface area contributed by atoms with Crippen LogP contribution in [0.1, 0.15) is 25.0 Å². The van der Waals surface area contributed by atoms with E-state index < -0.39 is 0 Å². The Labute approximate surface area is 196 Å². The second-order valence-electron chi connectivity index (χ2n) is 9.25. The summed E-state index contributed by atoms with van der Waals surface area (Å²) < 4.78 is 2.12. The third-order valence-corrected chi connectivity index (χ3v) is 6.95. The van der Waals surface area contributed by atoms with E-state index in [4.69, 9.17) is 15.0 Å². The van der Waals surface area contributed by atoms with Gasteiger partial charge >= 0.3 is 0 Å². The number of hydrogen-bond acceptors (Lipinski definition) is 4. The fourth-order valence-corrected chi connectivity index (χ4v) is 5.46. The van der Waals surface area contributed by atoms with Gasteiger partial charge in [-0.3, -0.25) is 4.57 Å². The van der Waals surface area contributed by atoms with Gasteiger partial charge in [-0.2, -0.15) is 0 Å². The van der Waals surface area contributed by atoms with Crippen LogP contribution in [-0.4, -0.2) is 24.5 Å². The molecule has 1 aliphatic carbocycles. The van der Waals surface area contributed by atoms with Crippen molar-refractivity contribution in [3.05, 3.63) is 103 Å². The van der Waals surface area contributed by atoms with E-state index in [1.165, 1.54) is 16.7 Å². The molecule has 0 unspecified atom stereocenters. The Kier molecular flexibility index (Phi) is 3.83. The van der Waals surface area contributed by atoms with E-state index >= 15 is 0 Å². The molecule has 5 nitrogen and oxygen atoms in total. The number of nitrogens with zero attached hydrogens (tertiary/aromatic N) is 5. The Morgan fingerprint density at radius 1 is 0.765 bits per heavy atom. The molecule has 3 heterocycles. The fourth-order valence-electron chi connectivity index (χ4n) is 5.46. The normalized spacial score (nSPS) is 13.8. The van der Waals surface area contributed by atoms with E-state index in [2.05, 4.69) is 65.9 Å². The minimum absolute atomic E-state index is 0.181. The molecule has 0 saturated carbocycles. The standard InChI is InChI=1S/C29H21N5/c1-29(2)22-14-8-6-12-19(22)26-24(29)21-16-30-17-31-27(21)34(26)28-32-23-15-9-7-13-20(23)25(33-28)18-10-4-3-5-11-18/h3-17H,1-2H3. The average Bonchev–Trinajstić information content (AvgIpc) is 3.35. The van der Waals surface area contributed by atoms with Crippen molar-refractivity contribution in [2.24, 2.45) is 0 Å². The molecule has 0 saturated heterocycles. The zero-order valence-electron chi connectivity index (χ0n) is 18.9. The van der Waals surface area contributed by atoms with E-state index in [1.807, 2.05) is 42.6 Å². The van der Waals surface area contributed by atoms with E-state index in [-0.39, 0.29) is 5.41 Å². The van der Waals surface area contributed by atoms with Gasteiger partial charge in [0.05, 0.1) is 16.9 Å². The third-order valence-electron chi connectivity index (χ3n) is 6.95. The van der Waals surface area contributed by atoms with Crippen molar-refractivity contribution in [2.75, 3.05) is 0 Å². The highest BCUT2D eigenvalue weighted by molar-refractivity contribution is 5.98. The summed E-state index contributed by atoms with van der Waals surface area (Å²) in [6, 6.07) is 27.1. The van der Waals surface area contributed by atoms with Crippen molar-refractivity contribution in [3.63, 3.8) is 0 Å². The van der Waals surface area contributed by atoms with Crippen LogP contribution in [0.2, 0.25) is 0 Å². The van der Waals surface area contributed by atoms with Crippen LogP contribution >= 0.6 is 0 Å². The van der Waals surface area contributed by atoms with Crippen LogP contribution in [0.15, 0.2) is 91.4 Å². The van der Waals surface area contributed by atoms with Gasteiger partial charge in [-0.1, -0.05) is 86.6 Å². The van der Waals surface area contributed by atoms with Gasteiger partial charge < -0.3 is 0 Å². The second-order valence-corrected chi connectivity index (χ2v) is 9.25. The summed E-state index contributed by atoms with van der Waals surface area (Å²) >= 11 is 0. The summed E-state index contributed by atoms with van der Waals surface area (Å²) in [5, 5.41) is 2.07. The van der Waals surface area contributed by atoms with Crippen molar-refractivity contribution in [1.29, 1.82) is 0 Å². The van der Waals surface area contributed by atoms with Crippen LogP contribution in [0.3, 0.4) is 0 Å². The largest absolute Gasteiger partial charge is 0.261 e. The third kappa shape index (κ3) is 2.49. The van der Waals surface area contributed by atoms with Crippen LogP contribution < -0.4 is 0 Å². The Bertz CT molecular complexity index is 1730. The number of rotatable bonds is 2. The van der Waals surface area contributed by atoms with E-state index in [0.717, 1.165) is 38.9 Å². The minimum Gasteiger partial charge on any atom is -0.261 e. The molecule has 0 fully saturated rings. The van der Waals surface area contributed by atoms with Crippen LogP contribution in [0.25, 0.3) is 50.4 Å². The summed E-state index contributed by atoms with van der Waals surface area (Å²) in [5.41, 5.74) is 8.34. The number of benzene rings is 3. The first-order valence-corrected chi connectivity index (χ1v) is 11.4. The molecular weight excluding hydrogens is 418 g/mol. The molecule has 5 heteroatoms. The molecule has 0 atom stereocenters. The maximum atomic E-state index is 5.15. The van der Waals surface area contributed by atoms with Crippen molar-refractivity contribution < 1.29 is 0 Å². The highest BCUT2D eigenvalue weighted by Gasteiger charge is 2.41. The molecule has 0 amide bonds. The molecule has 0 radical (unpaired) electrons. The summed E-state index contributed by atoms with van der Waals surface area (Å²) in [4.78, 5) is 19.3. The van der Waals surface area contributed by atoms with Gasteiger partial charge in [0.15, 0.2) is 5.65 Å². The first kappa shape index (κ1) is 19.1. The molecule has 0 spiro atoms. The Morgan fingerprint density at radius 2 is 1.53 bits per heavy atom. The first-order valence-electron chi connectivity index (χ1n) is 11.4. The van der Waals surface area contributed by atoms with Crippen LogP contribution in [0.5, 0.6) is 0 Å². The molecule has 0 N–H and O–H groups in total. The highest BCUT2D eigenvalue weighted by atomic mass is 15.2. The number of para-hydroxylation sites is 1. The van der Waals surface area contributed by atoms with Crippen LogP contribution in [-0.2, 0) is 5.41 Å². The molecule has 34 heavy (non-hydrogen) atoms. The van der Waals surface area contributed by atoms with Crippen LogP contribution in [0, 0.1) is 0 Å². The van der Waals surface area contributed by atoms with Gasteiger partial charge in [0, 0.05) is 33.5 Å². The smallest absolute Gasteiger partial charge is 0.237 e. The molecule has 6 aromatic rings. The molecule has 7 rings (SSSR count). The monoisotopic (exact) mass is 439 g/mol. The van der Waals surface area contributed by atoms with Crippen molar-refractivity contribution in [2.45, 2.75) is 19.3 Å². The van der Waals surface area contributed by atoms with Gasteiger partial charge in [-0.05, 0) is 17.2 Å². The van der Waals surface area contributed by atoms with Crippen molar-refractivity contribution in [1.82, 2.24) is 24.5 Å². The molecule has 3 aromatic carbocycles. The van der Waals surface area contributed by atoms with Gasteiger partial charge in [0.1, 0.15) is 6.33 Å². The molecular formula is C29H21N5. The summed E-state index contributed by atoms with van der Waals surface area (Å²) in [6.45, 7) is 4.54. The Balaban J connectivity index is 1.63. The maximum absolute atomic E-state index is 5.15. The SMILES string of the molecule is CC1(C)c2ccccc2-c2c1c1cncnc1n2-c1nc(-c2ccccc2)c2ccccc2n1. The topological polar surface area (TPSA) is 56.5 Å². The molecule has 0 aliphatic heterocycles. The maximum Gasteiger partial charge on any atom is 0.237 e. The zero-order valence-corrected chi connectivity index (χ0v) is 18.9. The van der Waals surface area contributed by atoms with Crippen LogP contribution in [0.4, 0.5) is 0 Å². The predicted molar refractivity (Wildman–Crippen MR) is 135 cm³/mol. The zero-order chi connectivity index (χ0) is 22.9. The number of aromatic nitrogens is 5. The Morgan fingerprint density at radius 3 is 2.41 bits per heavy atom.